The number of aliphatic imine (C=N–C) groups is 1. The molecule has 0 unspecified atom stereocenters. The molecule has 1 N–H and O–H groups in total. The summed E-state index contributed by atoms with van der Waals surface area (Å²) in [4.78, 5) is 15.2. The second kappa shape index (κ2) is 11.8. The Hall–Kier alpha value is -4.43. The molecule has 0 saturated carbocycles. The van der Waals surface area contributed by atoms with Crippen LogP contribution in [0.2, 0.25) is 0 Å². The van der Waals surface area contributed by atoms with Crippen LogP contribution in [-0.4, -0.2) is 18.2 Å². The number of nitro groups is 1. The molecule has 4 aromatic rings. The molecule has 6 rings (SSSR count). The molecule has 0 saturated heterocycles. The molecule has 212 valence electrons. The van der Waals surface area contributed by atoms with E-state index >= 15 is 0 Å². The number of nitrogens with zero attached hydrogens (tertiary/aromatic N) is 2. The third kappa shape index (κ3) is 5.67. The number of fused-ring (bicyclic) bond motifs is 3. The average molecular weight is 625 g/mol. The highest BCUT2D eigenvalue weighted by molar-refractivity contribution is 9.10. The SMILES string of the molecule is COc1cc(C=Nc2ccc([C@@H]3Nc4ccc(C)cc4[C@H]4C=CC[C@H]43)cc2)cc(Br)c1OCc1ccc([N+](=O)[O-])cc1. The number of anilines is 1. The van der Waals surface area contributed by atoms with Crippen LogP contribution >= 0.6 is 15.9 Å². The first-order valence-electron chi connectivity index (χ1n) is 13.8. The van der Waals surface area contributed by atoms with Crippen molar-refractivity contribution < 1.29 is 14.4 Å². The van der Waals surface area contributed by atoms with Crippen LogP contribution in [0.25, 0.3) is 0 Å². The third-order valence-corrected chi connectivity index (χ3v) is 8.50. The van der Waals surface area contributed by atoms with E-state index in [1.807, 2.05) is 12.1 Å². The minimum atomic E-state index is -0.422. The number of non-ortho nitro benzene ring substituents is 1. The van der Waals surface area contributed by atoms with Gasteiger partial charge in [0.15, 0.2) is 11.5 Å². The van der Waals surface area contributed by atoms with E-state index in [-0.39, 0.29) is 18.3 Å². The van der Waals surface area contributed by atoms with Gasteiger partial charge in [-0.1, -0.05) is 42.0 Å². The van der Waals surface area contributed by atoms with Gasteiger partial charge < -0.3 is 14.8 Å². The quantitative estimate of drug-likeness (QED) is 0.0917. The van der Waals surface area contributed by atoms with Gasteiger partial charge in [-0.3, -0.25) is 15.1 Å². The van der Waals surface area contributed by atoms with Gasteiger partial charge in [0, 0.05) is 30.0 Å². The van der Waals surface area contributed by atoms with Crippen molar-refractivity contribution in [2.45, 2.75) is 31.9 Å². The lowest BCUT2D eigenvalue weighted by atomic mass is 9.76. The minimum absolute atomic E-state index is 0.0436. The van der Waals surface area contributed by atoms with Crippen LogP contribution in [-0.2, 0) is 6.61 Å². The molecule has 2 aliphatic rings. The normalized spacial score (nSPS) is 18.8. The Balaban J connectivity index is 1.15. The highest BCUT2D eigenvalue weighted by Gasteiger charge is 2.37. The van der Waals surface area contributed by atoms with E-state index in [9.17, 15) is 10.1 Å². The number of nitrogens with one attached hydrogen (secondary N) is 1. The zero-order chi connectivity index (χ0) is 29.2. The summed E-state index contributed by atoms with van der Waals surface area (Å²) in [5.74, 6) is 2.05. The summed E-state index contributed by atoms with van der Waals surface area (Å²) in [6, 6.07) is 25.5. The second-order valence-electron chi connectivity index (χ2n) is 10.7. The van der Waals surface area contributed by atoms with Crippen LogP contribution in [0, 0.1) is 23.0 Å². The molecule has 0 spiro atoms. The smallest absolute Gasteiger partial charge is 0.269 e. The van der Waals surface area contributed by atoms with Crippen molar-refractivity contribution in [3.63, 3.8) is 0 Å². The maximum absolute atomic E-state index is 10.9. The number of nitro benzene ring substituents is 1. The number of ether oxygens (including phenoxy) is 2. The molecule has 1 aliphatic heterocycles. The molecular formula is C34H30BrN3O4. The summed E-state index contributed by atoms with van der Waals surface area (Å²) in [6.07, 6.45) is 7.56. The van der Waals surface area contributed by atoms with Crippen molar-refractivity contribution >= 4 is 39.2 Å². The number of rotatable bonds is 8. The molecule has 0 fully saturated rings. The van der Waals surface area contributed by atoms with Crippen LogP contribution in [0.15, 0.2) is 100 Å². The first-order chi connectivity index (χ1) is 20.4. The van der Waals surface area contributed by atoms with Crippen LogP contribution < -0.4 is 14.8 Å². The van der Waals surface area contributed by atoms with Gasteiger partial charge in [0.2, 0.25) is 0 Å². The Labute approximate surface area is 253 Å². The number of methoxy groups -OCH3 is 1. The first-order valence-corrected chi connectivity index (χ1v) is 14.6. The van der Waals surface area contributed by atoms with Gasteiger partial charge in [-0.15, -0.1) is 0 Å². The van der Waals surface area contributed by atoms with E-state index in [1.54, 1.807) is 25.5 Å². The van der Waals surface area contributed by atoms with Crippen molar-refractivity contribution in [3.05, 3.63) is 133 Å². The second-order valence-corrected chi connectivity index (χ2v) is 11.5. The molecule has 0 aromatic heterocycles. The molecule has 0 radical (unpaired) electrons. The highest BCUT2D eigenvalue weighted by Crippen LogP contribution is 2.50. The Morgan fingerprint density at radius 1 is 1.07 bits per heavy atom. The minimum Gasteiger partial charge on any atom is -0.493 e. The predicted molar refractivity (Wildman–Crippen MR) is 169 cm³/mol. The number of aryl methyl sites for hydroxylation is 1. The lowest BCUT2D eigenvalue weighted by Crippen LogP contribution is -2.29. The third-order valence-electron chi connectivity index (χ3n) is 7.92. The largest absolute Gasteiger partial charge is 0.493 e. The fourth-order valence-corrected chi connectivity index (χ4v) is 6.36. The Morgan fingerprint density at radius 2 is 1.86 bits per heavy atom. The van der Waals surface area contributed by atoms with E-state index in [2.05, 4.69) is 82.8 Å². The monoisotopic (exact) mass is 623 g/mol. The topological polar surface area (TPSA) is 86.0 Å². The fraction of sp³-hybridized carbons (Fsp3) is 0.206. The summed E-state index contributed by atoms with van der Waals surface area (Å²) >= 11 is 3.59. The standard InChI is InChI=1S/C34H30BrN3O4/c1-21-6-15-31-29(16-21)27-4-3-5-28(27)33(37-31)24-9-11-25(12-10-24)36-19-23-17-30(35)34(32(18-23)41-2)42-20-22-7-13-26(14-8-22)38(39)40/h3-4,6-19,27-28,33,37H,5,20H2,1-2H3/t27-,28+,33-/m0/s1. The molecule has 1 aliphatic carbocycles. The molecule has 3 atom stereocenters. The summed E-state index contributed by atoms with van der Waals surface area (Å²) < 4.78 is 12.3. The van der Waals surface area contributed by atoms with E-state index in [0.717, 1.165) is 27.7 Å². The zero-order valence-electron chi connectivity index (χ0n) is 23.3. The Morgan fingerprint density at radius 3 is 2.60 bits per heavy atom. The Bertz CT molecular complexity index is 1680. The summed E-state index contributed by atoms with van der Waals surface area (Å²) in [5.41, 5.74) is 7.75. The van der Waals surface area contributed by atoms with Crippen molar-refractivity contribution in [2.75, 3.05) is 12.4 Å². The van der Waals surface area contributed by atoms with Crippen molar-refractivity contribution in [3.8, 4) is 11.5 Å². The van der Waals surface area contributed by atoms with E-state index < -0.39 is 4.92 Å². The van der Waals surface area contributed by atoms with Crippen LogP contribution in [0.1, 0.15) is 46.2 Å². The van der Waals surface area contributed by atoms with E-state index in [1.165, 1.54) is 34.5 Å². The maximum Gasteiger partial charge on any atom is 0.269 e. The van der Waals surface area contributed by atoms with E-state index in [0.29, 0.717) is 23.3 Å². The van der Waals surface area contributed by atoms with Gasteiger partial charge in [-0.2, -0.15) is 0 Å². The van der Waals surface area contributed by atoms with Crippen molar-refractivity contribution in [1.82, 2.24) is 0 Å². The highest BCUT2D eigenvalue weighted by atomic mass is 79.9. The van der Waals surface area contributed by atoms with Crippen molar-refractivity contribution in [2.24, 2.45) is 10.9 Å². The first kappa shape index (κ1) is 27.7. The number of hydrogen-bond donors (Lipinski definition) is 1. The molecule has 8 heteroatoms. The fourth-order valence-electron chi connectivity index (χ4n) is 5.78. The maximum atomic E-state index is 10.9. The van der Waals surface area contributed by atoms with Gasteiger partial charge >= 0.3 is 0 Å². The van der Waals surface area contributed by atoms with Gasteiger partial charge in [-0.25, -0.2) is 0 Å². The van der Waals surface area contributed by atoms with Crippen LogP contribution in [0.5, 0.6) is 11.5 Å². The van der Waals surface area contributed by atoms with Gasteiger partial charge in [-0.05, 0) is 99.9 Å². The average Bonchev–Trinajstić information content (AvgIpc) is 3.50. The number of halogens is 1. The van der Waals surface area contributed by atoms with Gasteiger partial charge in [0.25, 0.3) is 5.69 Å². The summed E-state index contributed by atoms with van der Waals surface area (Å²) in [6.45, 7) is 2.40. The molecule has 1 heterocycles. The molecule has 4 aromatic carbocycles. The summed E-state index contributed by atoms with van der Waals surface area (Å²) in [7, 11) is 1.59. The van der Waals surface area contributed by atoms with Crippen LogP contribution in [0.3, 0.4) is 0 Å². The van der Waals surface area contributed by atoms with Crippen molar-refractivity contribution in [1.29, 1.82) is 0 Å². The molecule has 0 bridgehead atoms. The Kier molecular flexibility index (Phi) is 7.80. The number of allylic oxidation sites excluding steroid dienone is 2. The summed E-state index contributed by atoms with van der Waals surface area (Å²) in [5, 5.41) is 14.7. The lowest BCUT2D eigenvalue weighted by Gasteiger charge is -2.37. The molecule has 7 nitrogen and oxygen atoms in total. The van der Waals surface area contributed by atoms with E-state index in [4.69, 9.17) is 14.5 Å². The molecular weight excluding hydrogens is 594 g/mol. The lowest BCUT2D eigenvalue weighted by molar-refractivity contribution is -0.384. The number of hydrogen-bond acceptors (Lipinski definition) is 6. The molecule has 42 heavy (non-hydrogen) atoms. The van der Waals surface area contributed by atoms with Gasteiger partial charge in [0.05, 0.1) is 28.2 Å². The van der Waals surface area contributed by atoms with Gasteiger partial charge in [0.1, 0.15) is 6.61 Å². The molecule has 0 amide bonds. The zero-order valence-corrected chi connectivity index (χ0v) is 24.9. The number of benzene rings is 4. The predicted octanol–water partition coefficient (Wildman–Crippen LogP) is 8.83. The van der Waals surface area contributed by atoms with Crippen LogP contribution in [0.4, 0.5) is 17.1 Å².